The highest BCUT2D eigenvalue weighted by molar-refractivity contribution is 7.86. The Morgan fingerprint density at radius 1 is 1.14 bits per heavy atom. The van der Waals surface area contributed by atoms with E-state index in [1.807, 2.05) is 0 Å². The zero-order valence-corrected chi connectivity index (χ0v) is 9.39. The van der Waals surface area contributed by atoms with Crippen LogP contribution in [0.3, 0.4) is 0 Å². The van der Waals surface area contributed by atoms with Crippen LogP contribution in [0.4, 0.5) is 4.48 Å². The standard InChI is InChI=1S/C8H19FN2O2S/c1-2-3-4-5-6-7-8-11(9)14(10,12)13/h2-8H2,1H3,(H2,10,12,13). The summed E-state index contributed by atoms with van der Waals surface area (Å²) in [5.74, 6) is 0. The van der Waals surface area contributed by atoms with Gasteiger partial charge in [0.1, 0.15) is 0 Å². The van der Waals surface area contributed by atoms with Crippen molar-refractivity contribution in [1.82, 2.24) is 4.53 Å². The molecule has 0 rings (SSSR count). The van der Waals surface area contributed by atoms with Gasteiger partial charge in [0.2, 0.25) is 0 Å². The third kappa shape index (κ3) is 7.23. The lowest BCUT2D eigenvalue weighted by Crippen LogP contribution is -2.30. The molecule has 6 heteroatoms. The molecule has 0 aromatic heterocycles. The van der Waals surface area contributed by atoms with Crippen molar-refractivity contribution in [3.05, 3.63) is 0 Å². The Kier molecular flexibility index (Phi) is 7.04. The predicted molar refractivity (Wildman–Crippen MR) is 54.3 cm³/mol. The molecule has 0 bridgehead atoms. The van der Waals surface area contributed by atoms with Crippen molar-refractivity contribution < 1.29 is 12.9 Å². The number of nitrogens with zero attached hydrogens (tertiary/aromatic N) is 1. The summed E-state index contributed by atoms with van der Waals surface area (Å²) in [6, 6.07) is 0. The van der Waals surface area contributed by atoms with Gasteiger partial charge in [0.25, 0.3) is 0 Å². The minimum Gasteiger partial charge on any atom is -0.214 e. The Morgan fingerprint density at radius 2 is 1.64 bits per heavy atom. The van der Waals surface area contributed by atoms with E-state index >= 15 is 0 Å². The highest BCUT2D eigenvalue weighted by atomic mass is 32.2. The Hall–Kier alpha value is -0.200. The lowest BCUT2D eigenvalue weighted by molar-refractivity contribution is 0.136. The van der Waals surface area contributed by atoms with E-state index in [9.17, 15) is 12.9 Å². The zero-order valence-electron chi connectivity index (χ0n) is 8.58. The van der Waals surface area contributed by atoms with Gasteiger partial charge in [-0.05, 0) is 10.9 Å². The van der Waals surface area contributed by atoms with Crippen LogP contribution >= 0.6 is 0 Å². The first-order chi connectivity index (χ1) is 6.48. The average Bonchev–Trinajstić information content (AvgIpc) is 2.09. The third-order valence-corrected chi connectivity index (χ3v) is 2.70. The Bertz CT molecular complexity index is 231. The largest absolute Gasteiger partial charge is 0.303 e. The maximum Gasteiger partial charge on any atom is 0.303 e. The fraction of sp³-hybridized carbons (Fsp3) is 1.00. The quantitative estimate of drug-likeness (QED) is 0.506. The highest BCUT2D eigenvalue weighted by Crippen LogP contribution is 2.06. The lowest BCUT2D eigenvalue weighted by atomic mass is 10.1. The first-order valence-electron chi connectivity index (χ1n) is 4.94. The van der Waals surface area contributed by atoms with Crippen molar-refractivity contribution in [2.24, 2.45) is 5.14 Å². The Morgan fingerprint density at radius 3 is 2.14 bits per heavy atom. The number of rotatable bonds is 8. The maximum atomic E-state index is 12.6. The smallest absolute Gasteiger partial charge is 0.214 e. The van der Waals surface area contributed by atoms with E-state index in [0.29, 0.717) is 6.42 Å². The fourth-order valence-corrected chi connectivity index (χ4v) is 1.53. The first-order valence-corrected chi connectivity index (χ1v) is 6.45. The predicted octanol–water partition coefficient (Wildman–Crippen LogP) is 1.74. The average molecular weight is 226 g/mol. The maximum absolute atomic E-state index is 12.6. The van der Waals surface area contributed by atoms with Gasteiger partial charge < -0.3 is 0 Å². The van der Waals surface area contributed by atoms with E-state index in [1.54, 1.807) is 0 Å². The van der Waals surface area contributed by atoms with Crippen molar-refractivity contribution in [2.75, 3.05) is 6.54 Å². The second-order valence-electron chi connectivity index (χ2n) is 3.32. The van der Waals surface area contributed by atoms with Crippen molar-refractivity contribution >= 4 is 10.2 Å². The van der Waals surface area contributed by atoms with Gasteiger partial charge in [-0.1, -0.05) is 39.0 Å². The molecule has 0 atom stereocenters. The molecule has 0 fully saturated rings. The topological polar surface area (TPSA) is 63.4 Å². The van der Waals surface area contributed by atoms with Crippen LogP contribution in [0.2, 0.25) is 0 Å². The van der Waals surface area contributed by atoms with E-state index in [0.717, 1.165) is 25.7 Å². The number of hydrogen-bond acceptors (Lipinski definition) is 2. The molecule has 14 heavy (non-hydrogen) atoms. The summed E-state index contributed by atoms with van der Waals surface area (Å²) in [5.41, 5.74) is 0. The van der Waals surface area contributed by atoms with Crippen molar-refractivity contribution in [3.8, 4) is 0 Å². The van der Waals surface area contributed by atoms with E-state index < -0.39 is 10.2 Å². The van der Waals surface area contributed by atoms with Crippen LogP contribution in [0.15, 0.2) is 0 Å². The van der Waals surface area contributed by atoms with E-state index in [-0.39, 0.29) is 11.1 Å². The van der Waals surface area contributed by atoms with Gasteiger partial charge in [-0.3, -0.25) is 0 Å². The molecule has 0 spiro atoms. The van der Waals surface area contributed by atoms with Gasteiger partial charge in [0.05, 0.1) is 0 Å². The SMILES string of the molecule is CCCCCCCCN(F)S(N)(=O)=O. The first kappa shape index (κ1) is 13.8. The summed E-state index contributed by atoms with van der Waals surface area (Å²) >= 11 is 0. The van der Waals surface area contributed by atoms with E-state index in [2.05, 4.69) is 12.1 Å². The normalized spacial score (nSPS) is 12.3. The Labute approximate surface area is 85.4 Å². The molecule has 0 heterocycles. The van der Waals surface area contributed by atoms with Crippen molar-refractivity contribution in [2.45, 2.75) is 45.4 Å². The van der Waals surface area contributed by atoms with Crippen molar-refractivity contribution in [3.63, 3.8) is 0 Å². The molecule has 86 valence electrons. The lowest BCUT2D eigenvalue weighted by Gasteiger charge is -2.07. The molecule has 0 aliphatic heterocycles. The number of hydrogen-bond donors (Lipinski definition) is 1. The van der Waals surface area contributed by atoms with Crippen LogP contribution in [-0.4, -0.2) is 19.5 Å². The van der Waals surface area contributed by atoms with Crippen molar-refractivity contribution in [1.29, 1.82) is 0 Å². The summed E-state index contributed by atoms with van der Waals surface area (Å²) in [4.78, 5) is 0. The molecule has 0 saturated heterocycles. The minimum absolute atomic E-state index is 0.134. The summed E-state index contributed by atoms with van der Waals surface area (Å²) < 4.78 is 33.2. The minimum atomic E-state index is -4.13. The van der Waals surface area contributed by atoms with Crippen LogP contribution in [-0.2, 0) is 10.2 Å². The van der Waals surface area contributed by atoms with Gasteiger partial charge in [-0.2, -0.15) is 8.42 Å². The summed E-state index contributed by atoms with van der Waals surface area (Å²) in [6.07, 6.45) is 5.85. The molecule has 0 unspecified atom stereocenters. The summed E-state index contributed by atoms with van der Waals surface area (Å²) in [6.45, 7) is 1.98. The molecular weight excluding hydrogens is 207 g/mol. The second kappa shape index (κ2) is 7.14. The van der Waals surface area contributed by atoms with Crippen LogP contribution < -0.4 is 5.14 Å². The molecule has 0 aromatic carbocycles. The number of nitrogens with two attached hydrogens (primary N) is 1. The number of halogens is 1. The molecule has 0 aromatic rings. The second-order valence-corrected chi connectivity index (χ2v) is 4.75. The molecule has 4 nitrogen and oxygen atoms in total. The van der Waals surface area contributed by atoms with E-state index in [4.69, 9.17) is 0 Å². The monoisotopic (exact) mass is 226 g/mol. The van der Waals surface area contributed by atoms with Gasteiger partial charge >= 0.3 is 10.2 Å². The van der Waals surface area contributed by atoms with Gasteiger partial charge in [0, 0.05) is 6.54 Å². The molecule has 0 radical (unpaired) electrons. The van der Waals surface area contributed by atoms with Crippen LogP contribution in [0.1, 0.15) is 45.4 Å². The van der Waals surface area contributed by atoms with Crippen LogP contribution in [0.25, 0.3) is 0 Å². The Balaban J connectivity index is 3.37. The number of unbranched alkanes of at least 4 members (excludes halogenated alkanes) is 5. The summed E-state index contributed by atoms with van der Waals surface area (Å²) in [5, 5.41) is 4.56. The van der Waals surface area contributed by atoms with Gasteiger partial charge in [-0.25, -0.2) is 5.14 Å². The highest BCUT2D eigenvalue weighted by Gasteiger charge is 2.14. The van der Waals surface area contributed by atoms with Gasteiger partial charge in [-0.15, -0.1) is 4.48 Å². The molecule has 2 N–H and O–H groups in total. The molecule has 0 amide bonds. The van der Waals surface area contributed by atoms with E-state index in [1.165, 1.54) is 6.42 Å². The molecule has 0 aliphatic rings. The summed E-state index contributed by atoms with van der Waals surface area (Å²) in [7, 11) is -4.13. The molecular formula is C8H19FN2O2S. The van der Waals surface area contributed by atoms with Gasteiger partial charge in [0.15, 0.2) is 0 Å². The van der Waals surface area contributed by atoms with Crippen LogP contribution in [0, 0.1) is 0 Å². The zero-order chi connectivity index (χ0) is 11.0. The third-order valence-electron chi connectivity index (χ3n) is 1.96. The molecule has 0 saturated carbocycles. The van der Waals surface area contributed by atoms with Crippen LogP contribution in [0.5, 0.6) is 0 Å². The fourth-order valence-electron chi connectivity index (χ4n) is 1.14. The molecule has 0 aliphatic carbocycles.